The van der Waals surface area contributed by atoms with Gasteiger partial charge < -0.3 is 4.42 Å². The Hall–Kier alpha value is -2.00. The molecule has 0 radical (unpaired) electrons. The van der Waals surface area contributed by atoms with Crippen molar-refractivity contribution < 1.29 is 4.42 Å². The van der Waals surface area contributed by atoms with Gasteiger partial charge in [-0.1, -0.05) is 35.9 Å². The number of aryl methyl sites for hydroxylation is 2. The van der Waals surface area contributed by atoms with Gasteiger partial charge in [0.05, 0.1) is 10.9 Å². The van der Waals surface area contributed by atoms with Gasteiger partial charge in [-0.15, -0.1) is 11.6 Å². The Labute approximate surface area is 121 Å². The lowest BCUT2D eigenvalue weighted by atomic mass is 10.0. The van der Waals surface area contributed by atoms with Crippen LogP contribution in [0.1, 0.15) is 22.1 Å². The molecule has 1 atom stereocenters. The lowest BCUT2D eigenvalue weighted by Crippen LogP contribution is -2.08. The molecule has 0 saturated carbocycles. The van der Waals surface area contributed by atoms with Crippen LogP contribution < -0.4 is 5.76 Å². The van der Waals surface area contributed by atoms with Crippen LogP contribution in [-0.2, 0) is 7.05 Å². The second-order valence-electron chi connectivity index (χ2n) is 4.93. The molecule has 0 amide bonds. The summed E-state index contributed by atoms with van der Waals surface area (Å²) in [7, 11) is 1.69. The van der Waals surface area contributed by atoms with Crippen molar-refractivity contribution in [2.45, 2.75) is 12.3 Å². The first-order valence-electron chi connectivity index (χ1n) is 6.36. The Morgan fingerprint density at radius 1 is 1.15 bits per heavy atom. The van der Waals surface area contributed by atoms with Gasteiger partial charge in [-0.2, -0.15) is 0 Å². The van der Waals surface area contributed by atoms with E-state index in [0.29, 0.717) is 5.58 Å². The normalized spacial score (nSPS) is 12.8. The molecule has 1 aromatic heterocycles. The zero-order valence-corrected chi connectivity index (χ0v) is 12.0. The van der Waals surface area contributed by atoms with E-state index in [1.165, 1.54) is 10.1 Å². The number of fused-ring (bicyclic) bond motifs is 1. The molecule has 3 aromatic rings. The standard InChI is InChI=1S/C16H14ClNO2/c1-10-4-3-5-11(8-10)15(17)12-6-7-13-14(9-12)20-16(19)18(13)2/h3-9,15H,1-2H3. The minimum atomic E-state index is -0.362. The molecular weight excluding hydrogens is 274 g/mol. The monoisotopic (exact) mass is 287 g/mol. The van der Waals surface area contributed by atoms with Gasteiger partial charge in [-0.25, -0.2) is 4.79 Å². The van der Waals surface area contributed by atoms with Gasteiger partial charge in [0.25, 0.3) is 0 Å². The molecule has 1 heterocycles. The second-order valence-corrected chi connectivity index (χ2v) is 5.37. The average molecular weight is 288 g/mol. The molecule has 4 heteroatoms. The van der Waals surface area contributed by atoms with Crippen molar-refractivity contribution in [1.82, 2.24) is 4.57 Å². The SMILES string of the molecule is Cc1cccc(C(Cl)c2ccc3c(c2)oc(=O)n3C)c1. The van der Waals surface area contributed by atoms with E-state index in [2.05, 4.69) is 6.07 Å². The van der Waals surface area contributed by atoms with Crippen LogP contribution in [0.2, 0.25) is 0 Å². The number of hydrogen-bond acceptors (Lipinski definition) is 2. The molecule has 102 valence electrons. The van der Waals surface area contributed by atoms with Crippen molar-refractivity contribution in [2.75, 3.05) is 0 Å². The molecule has 0 fully saturated rings. The Morgan fingerprint density at radius 3 is 2.65 bits per heavy atom. The third kappa shape index (κ3) is 2.14. The van der Waals surface area contributed by atoms with Gasteiger partial charge in [-0.05, 0) is 30.2 Å². The smallest absolute Gasteiger partial charge is 0.408 e. The largest absolute Gasteiger partial charge is 0.419 e. The summed E-state index contributed by atoms with van der Waals surface area (Å²) in [5.74, 6) is -0.362. The highest BCUT2D eigenvalue weighted by atomic mass is 35.5. The second kappa shape index (κ2) is 4.84. The average Bonchev–Trinajstić information content (AvgIpc) is 2.73. The number of rotatable bonds is 2. The Balaban J connectivity index is 2.08. The molecule has 0 aliphatic carbocycles. The van der Waals surface area contributed by atoms with Gasteiger partial charge in [0.15, 0.2) is 5.58 Å². The van der Waals surface area contributed by atoms with Crippen molar-refractivity contribution in [3.05, 3.63) is 69.7 Å². The Bertz CT molecular complexity index is 832. The zero-order chi connectivity index (χ0) is 14.3. The quantitative estimate of drug-likeness (QED) is 0.673. The van der Waals surface area contributed by atoms with Crippen LogP contribution in [-0.4, -0.2) is 4.57 Å². The van der Waals surface area contributed by atoms with E-state index in [9.17, 15) is 4.79 Å². The predicted octanol–water partition coefficient (Wildman–Crippen LogP) is 3.77. The van der Waals surface area contributed by atoms with E-state index in [0.717, 1.165) is 16.6 Å². The van der Waals surface area contributed by atoms with Crippen molar-refractivity contribution in [1.29, 1.82) is 0 Å². The number of nitrogens with zero attached hydrogens (tertiary/aromatic N) is 1. The molecule has 0 aliphatic rings. The number of alkyl halides is 1. The maximum Gasteiger partial charge on any atom is 0.419 e. The topological polar surface area (TPSA) is 35.1 Å². The minimum absolute atomic E-state index is 0.259. The van der Waals surface area contributed by atoms with E-state index in [1.54, 1.807) is 7.05 Å². The van der Waals surface area contributed by atoms with Crippen molar-refractivity contribution >= 4 is 22.7 Å². The lowest BCUT2D eigenvalue weighted by Gasteiger charge is -2.11. The number of aromatic nitrogens is 1. The summed E-state index contributed by atoms with van der Waals surface area (Å²) < 4.78 is 6.68. The number of hydrogen-bond donors (Lipinski definition) is 0. The predicted molar refractivity (Wildman–Crippen MR) is 80.3 cm³/mol. The van der Waals surface area contributed by atoms with Gasteiger partial charge in [-0.3, -0.25) is 4.57 Å². The summed E-state index contributed by atoms with van der Waals surface area (Å²) >= 11 is 6.52. The molecule has 0 saturated heterocycles. The van der Waals surface area contributed by atoms with E-state index in [-0.39, 0.29) is 11.1 Å². The van der Waals surface area contributed by atoms with E-state index in [1.807, 2.05) is 43.3 Å². The lowest BCUT2D eigenvalue weighted by molar-refractivity contribution is 0.528. The fraction of sp³-hybridized carbons (Fsp3) is 0.188. The van der Waals surface area contributed by atoms with Crippen LogP contribution in [0.15, 0.2) is 51.7 Å². The summed E-state index contributed by atoms with van der Waals surface area (Å²) in [5.41, 5.74) is 4.45. The van der Waals surface area contributed by atoms with Crippen LogP contribution in [0.5, 0.6) is 0 Å². The molecule has 0 spiro atoms. The molecule has 20 heavy (non-hydrogen) atoms. The molecule has 3 rings (SSSR count). The van der Waals surface area contributed by atoms with Gasteiger partial charge in [0.2, 0.25) is 0 Å². The fourth-order valence-corrected chi connectivity index (χ4v) is 2.60. The van der Waals surface area contributed by atoms with Gasteiger partial charge >= 0.3 is 5.76 Å². The first kappa shape index (κ1) is 13.0. The highest BCUT2D eigenvalue weighted by Crippen LogP contribution is 2.30. The molecule has 0 bridgehead atoms. The summed E-state index contributed by atoms with van der Waals surface area (Å²) in [6.07, 6.45) is 0. The third-order valence-corrected chi connectivity index (χ3v) is 3.95. The first-order valence-corrected chi connectivity index (χ1v) is 6.80. The molecule has 0 N–H and O–H groups in total. The number of oxazole rings is 1. The van der Waals surface area contributed by atoms with Crippen molar-refractivity contribution in [3.8, 4) is 0 Å². The maximum absolute atomic E-state index is 11.5. The van der Waals surface area contributed by atoms with Crippen LogP contribution in [0.4, 0.5) is 0 Å². The summed E-state index contributed by atoms with van der Waals surface area (Å²) in [6.45, 7) is 2.03. The molecular formula is C16H14ClNO2. The van der Waals surface area contributed by atoms with Crippen LogP contribution in [0.3, 0.4) is 0 Å². The van der Waals surface area contributed by atoms with E-state index >= 15 is 0 Å². The highest BCUT2D eigenvalue weighted by Gasteiger charge is 2.14. The summed E-state index contributed by atoms with van der Waals surface area (Å²) in [6, 6.07) is 13.7. The summed E-state index contributed by atoms with van der Waals surface area (Å²) in [5, 5.41) is -0.259. The van der Waals surface area contributed by atoms with Crippen LogP contribution in [0.25, 0.3) is 11.1 Å². The van der Waals surface area contributed by atoms with Crippen LogP contribution in [0, 0.1) is 6.92 Å². The molecule has 3 nitrogen and oxygen atoms in total. The van der Waals surface area contributed by atoms with Gasteiger partial charge in [0, 0.05) is 7.05 Å². The highest BCUT2D eigenvalue weighted by molar-refractivity contribution is 6.22. The number of halogens is 1. The molecule has 1 unspecified atom stereocenters. The molecule has 2 aromatic carbocycles. The van der Waals surface area contributed by atoms with Gasteiger partial charge in [0.1, 0.15) is 0 Å². The number of benzene rings is 2. The van der Waals surface area contributed by atoms with E-state index in [4.69, 9.17) is 16.0 Å². The third-order valence-electron chi connectivity index (χ3n) is 3.44. The molecule has 0 aliphatic heterocycles. The van der Waals surface area contributed by atoms with Crippen LogP contribution >= 0.6 is 11.6 Å². The summed E-state index contributed by atoms with van der Waals surface area (Å²) in [4.78, 5) is 11.5. The van der Waals surface area contributed by atoms with Crippen molar-refractivity contribution in [2.24, 2.45) is 7.05 Å². The van der Waals surface area contributed by atoms with Crippen molar-refractivity contribution in [3.63, 3.8) is 0 Å². The minimum Gasteiger partial charge on any atom is -0.408 e. The Morgan fingerprint density at radius 2 is 1.90 bits per heavy atom. The first-order chi connectivity index (χ1) is 9.56. The maximum atomic E-state index is 11.5. The Kier molecular flexibility index (Phi) is 3.14. The fourth-order valence-electron chi connectivity index (χ4n) is 2.33. The zero-order valence-electron chi connectivity index (χ0n) is 11.3. The van der Waals surface area contributed by atoms with E-state index < -0.39 is 0 Å².